The molecule has 0 aliphatic heterocycles. The summed E-state index contributed by atoms with van der Waals surface area (Å²) in [6.45, 7) is 10.1. The molecule has 0 saturated carbocycles. The molecule has 0 spiro atoms. The number of thioether (sulfide) groups is 1. The normalized spacial score (nSPS) is 10.7. The molecule has 3 aromatic rings. The van der Waals surface area contributed by atoms with E-state index in [1.54, 1.807) is 6.08 Å². The number of aryl methyl sites for hydroxylation is 3. The Balaban J connectivity index is 1.82. The Bertz CT molecular complexity index is 1130. The molecule has 0 atom stereocenters. The number of hydrogen-bond donors (Lipinski definition) is 1. The zero-order chi connectivity index (χ0) is 22.5. The predicted molar refractivity (Wildman–Crippen MR) is 125 cm³/mol. The van der Waals surface area contributed by atoms with Crippen molar-refractivity contribution in [1.29, 1.82) is 0 Å². The van der Waals surface area contributed by atoms with Crippen LogP contribution >= 0.6 is 23.1 Å². The first-order valence-electron chi connectivity index (χ1n) is 9.56. The molecule has 1 amide bonds. The van der Waals surface area contributed by atoms with Crippen LogP contribution in [0.15, 0.2) is 41.4 Å². The number of benzene rings is 1. The van der Waals surface area contributed by atoms with Gasteiger partial charge in [0.25, 0.3) is 0 Å². The number of anilines is 1. The largest absolute Gasteiger partial charge is 0.465 e. The van der Waals surface area contributed by atoms with Crippen LogP contribution in [0.5, 0.6) is 0 Å². The summed E-state index contributed by atoms with van der Waals surface area (Å²) in [5, 5.41) is 14.0. The molecular weight excluding hydrogens is 432 g/mol. The lowest BCUT2D eigenvalue weighted by Gasteiger charge is -2.10. The number of methoxy groups -OCH3 is 1. The van der Waals surface area contributed by atoms with Gasteiger partial charge < -0.3 is 14.6 Å². The van der Waals surface area contributed by atoms with Gasteiger partial charge in [0.1, 0.15) is 16.4 Å². The van der Waals surface area contributed by atoms with E-state index in [0.717, 1.165) is 28.1 Å². The summed E-state index contributed by atoms with van der Waals surface area (Å²) in [6, 6.07) is 6.06. The molecule has 1 aromatic carbocycles. The van der Waals surface area contributed by atoms with Crippen molar-refractivity contribution >= 4 is 40.0 Å². The Morgan fingerprint density at radius 3 is 2.74 bits per heavy atom. The van der Waals surface area contributed by atoms with Gasteiger partial charge in [-0.1, -0.05) is 41.6 Å². The summed E-state index contributed by atoms with van der Waals surface area (Å²) >= 11 is 2.59. The summed E-state index contributed by atoms with van der Waals surface area (Å²) < 4.78 is 6.89. The number of thiophene rings is 1. The van der Waals surface area contributed by atoms with Gasteiger partial charge in [-0.25, -0.2) is 4.79 Å². The lowest BCUT2D eigenvalue weighted by molar-refractivity contribution is -0.113. The molecule has 162 valence electrons. The number of rotatable bonds is 8. The highest BCUT2D eigenvalue weighted by atomic mass is 32.2. The first-order valence-corrected chi connectivity index (χ1v) is 11.4. The summed E-state index contributed by atoms with van der Waals surface area (Å²) in [7, 11) is 1.34. The van der Waals surface area contributed by atoms with Crippen molar-refractivity contribution in [2.24, 2.45) is 0 Å². The van der Waals surface area contributed by atoms with Gasteiger partial charge in [0, 0.05) is 17.5 Å². The molecule has 0 saturated heterocycles. The zero-order valence-electron chi connectivity index (χ0n) is 17.9. The fraction of sp³-hybridized carbons (Fsp3) is 0.273. The highest BCUT2D eigenvalue weighted by molar-refractivity contribution is 7.99. The average Bonchev–Trinajstić information content (AvgIpc) is 3.31. The molecular formula is C22H24N4O3S2. The standard InChI is InChI=1S/C22H24N4O3S2/c1-6-9-26-15(4)24-25-22(26)31-12-18(27)23-20-19(21(28)29-5)17(11-30-20)16-10-13(2)7-8-14(16)3/h6-8,10-11H,1,9,12H2,2-5H3,(H,23,27). The molecule has 31 heavy (non-hydrogen) atoms. The van der Waals surface area contributed by atoms with Crippen LogP contribution in [0.2, 0.25) is 0 Å². The van der Waals surface area contributed by atoms with Crippen molar-refractivity contribution in [3.63, 3.8) is 0 Å². The van der Waals surface area contributed by atoms with E-state index in [-0.39, 0.29) is 11.7 Å². The maximum Gasteiger partial charge on any atom is 0.341 e. The van der Waals surface area contributed by atoms with Crippen LogP contribution in [0.3, 0.4) is 0 Å². The topological polar surface area (TPSA) is 86.1 Å². The Morgan fingerprint density at radius 1 is 1.26 bits per heavy atom. The number of nitrogens with zero attached hydrogens (tertiary/aromatic N) is 3. The number of aromatic nitrogens is 3. The third-order valence-corrected chi connectivity index (χ3v) is 6.52. The van der Waals surface area contributed by atoms with E-state index in [4.69, 9.17) is 4.74 Å². The molecule has 0 aliphatic rings. The molecule has 2 heterocycles. The number of amides is 1. The van der Waals surface area contributed by atoms with Crippen molar-refractivity contribution < 1.29 is 14.3 Å². The molecule has 0 aliphatic carbocycles. The number of ether oxygens (including phenoxy) is 1. The second-order valence-electron chi connectivity index (χ2n) is 6.93. The Kier molecular flexibility index (Phi) is 7.29. The van der Waals surface area contributed by atoms with Gasteiger partial charge in [-0.15, -0.1) is 28.1 Å². The molecule has 0 fully saturated rings. The fourth-order valence-electron chi connectivity index (χ4n) is 3.08. The van der Waals surface area contributed by atoms with Crippen LogP contribution in [0.4, 0.5) is 5.00 Å². The second-order valence-corrected chi connectivity index (χ2v) is 8.75. The highest BCUT2D eigenvalue weighted by Crippen LogP contribution is 2.38. The van der Waals surface area contributed by atoms with Gasteiger partial charge in [0.05, 0.1) is 12.9 Å². The van der Waals surface area contributed by atoms with Crippen LogP contribution in [0.25, 0.3) is 11.1 Å². The van der Waals surface area contributed by atoms with Crippen LogP contribution in [0.1, 0.15) is 27.3 Å². The van der Waals surface area contributed by atoms with Gasteiger partial charge in [-0.2, -0.15) is 0 Å². The van der Waals surface area contributed by atoms with E-state index in [0.29, 0.717) is 22.3 Å². The van der Waals surface area contributed by atoms with Crippen LogP contribution in [-0.2, 0) is 16.1 Å². The maximum absolute atomic E-state index is 12.6. The van der Waals surface area contributed by atoms with Crippen molar-refractivity contribution in [3.05, 3.63) is 58.7 Å². The van der Waals surface area contributed by atoms with E-state index < -0.39 is 5.97 Å². The van der Waals surface area contributed by atoms with Crippen LogP contribution < -0.4 is 5.32 Å². The number of carbonyl (C=O) groups excluding carboxylic acids is 2. The van der Waals surface area contributed by atoms with E-state index in [2.05, 4.69) is 22.1 Å². The second kappa shape index (κ2) is 9.93. The molecule has 7 nitrogen and oxygen atoms in total. The first-order chi connectivity index (χ1) is 14.8. The minimum atomic E-state index is -0.485. The van der Waals surface area contributed by atoms with Crippen LogP contribution in [0, 0.1) is 20.8 Å². The minimum Gasteiger partial charge on any atom is -0.465 e. The van der Waals surface area contributed by atoms with Gasteiger partial charge in [0.2, 0.25) is 5.91 Å². The molecule has 0 unspecified atom stereocenters. The van der Waals surface area contributed by atoms with Crippen LogP contribution in [-0.4, -0.2) is 39.5 Å². The number of allylic oxidation sites excluding steroid dienone is 1. The summed E-state index contributed by atoms with van der Waals surface area (Å²) in [4.78, 5) is 25.2. The third-order valence-electron chi connectivity index (χ3n) is 4.66. The number of nitrogens with one attached hydrogen (secondary N) is 1. The quantitative estimate of drug-likeness (QED) is 0.302. The predicted octanol–water partition coefficient (Wildman–Crippen LogP) is 4.64. The van der Waals surface area contributed by atoms with E-state index in [1.165, 1.54) is 30.2 Å². The number of hydrogen-bond acceptors (Lipinski definition) is 7. The van der Waals surface area contributed by atoms with Crippen molar-refractivity contribution in [3.8, 4) is 11.1 Å². The summed E-state index contributed by atoms with van der Waals surface area (Å²) in [5.41, 5.74) is 4.19. The van der Waals surface area contributed by atoms with Crippen molar-refractivity contribution in [1.82, 2.24) is 14.8 Å². The number of esters is 1. The molecule has 0 radical (unpaired) electrons. The summed E-state index contributed by atoms with van der Waals surface area (Å²) in [6.07, 6.45) is 1.75. The highest BCUT2D eigenvalue weighted by Gasteiger charge is 2.23. The third kappa shape index (κ3) is 5.05. The Hall–Kier alpha value is -2.91. The fourth-order valence-corrected chi connectivity index (χ4v) is 4.84. The molecule has 1 N–H and O–H groups in total. The molecule has 2 aromatic heterocycles. The summed E-state index contributed by atoms with van der Waals surface area (Å²) in [5.74, 6) is 0.163. The lowest BCUT2D eigenvalue weighted by Crippen LogP contribution is -2.16. The first kappa shape index (κ1) is 22.8. The average molecular weight is 457 g/mol. The molecule has 3 rings (SSSR count). The van der Waals surface area contributed by atoms with Gasteiger partial charge in [-0.05, 0) is 31.9 Å². The SMILES string of the molecule is C=CCn1c(C)nnc1SCC(=O)Nc1scc(-c2cc(C)ccc2C)c1C(=O)OC. The smallest absolute Gasteiger partial charge is 0.341 e. The molecule has 0 bridgehead atoms. The maximum atomic E-state index is 12.6. The van der Waals surface area contributed by atoms with E-state index in [1.807, 2.05) is 48.9 Å². The Labute approximate surface area is 189 Å². The van der Waals surface area contributed by atoms with Crippen molar-refractivity contribution in [2.45, 2.75) is 32.5 Å². The van der Waals surface area contributed by atoms with E-state index in [9.17, 15) is 9.59 Å². The van der Waals surface area contributed by atoms with Gasteiger partial charge in [-0.3, -0.25) is 4.79 Å². The Morgan fingerprint density at radius 2 is 2.03 bits per heavy atom. The molecule has 9 heteroatoms. The number of carbonyl (C=O) groups is 2. The van der Waals surface area contributed by atoms with Crippen molar-refractivity contribution in [2.75, 3.05) is 18.2 Å². The monoisotopic (exact) mass is 456 g/mol. The van der Waals surface area contributed by atoms with Gasteiger partial charge in [0.15, 0.2) is 5.16 Å². The lowest BCUT2D eigenvalue weighted by atomic mass is 9.97. The van der Waals surface area contributed by atoms with Gasteiger partial charge >= 0.3 is 5.97 Å². The van der Waals surface area contributed by atoms with E-state index >= 15 is 0 Å². The minimum absolute atomic E-state index is 0.132. The zero-order valence-corrected chi connectivity index (χ0v) is 19.5.